The van der Waals surface area contributed by atoms with Gasteiger partial charge in [-0.15, -0.1) is 0 Å². The average molecular weight is 1450 g/mol. The molecule has 0 radical (unpaired) electrons. The lowest BCUT2D eigenvalue weighted by molar-refractivity contribution is -0.870. The molecule has 0 saturated carbocycles. The van der Waals surface area contributed by atoms with Crippen LogP contribution in [0.15, 0.2) is 231 Å². The predicted octanol–water partition coefficient (Wildman–Crippen LogP) is 27.4. The van der Waals surface area contributed by atoms with Gasteiger partial charge < -0.3 is 28.5 Å². The third-order valence-corrected chi connectivity index (χ3v) is 16.9. The van der Waals surface area contributed by atoms with Crippen molar-refractivity contribution in [1.29, 1.82) is 0 Å². The molecule has 9 heteroatoms. The molecule has 2 atom stereocenters. The van der Waals surface area contributed by atoms with Crippen molar-refractivity contribution in [2.75, 3.05) is 47.5 Å². The number of esters is 2. The number of hydrogen-bond acceptors (Lipinski definition) is 7. The zero-order chi connectivity index (χ0) is 76.0. The molecule has 0 aliphatic carbocycles. The maximum Gasteiger partial charge on any atom is 0.361 e. The number of ether oxygens (including phenoxy) is 4. The van der Waals surface area contributed by atoms with Crippen molar-refractivity contribution in [2.45, 2.75) is 309 Å². The quantitative estimate of drug-likeness (QED) is 0.0211. The largest absolute Gasteiger partial charge is 0.477 e. The number of hydrogen-bond donors (Lipinski definition) is 1. The van der Waals surface area contributed by atoms with Crippen molar-refractivity contribution in [3.05, 3.63) is 231 Å². The van der Waals surface area contributed by atoms with Gasteiger partial charge in [-0.05, 0) is 161 Å². The minimum atomic E-state index is -1.53. The average Bonchev–Trinajstić information content (AvgIpc) is 1.18. The Labute approximate surface area is 644 Å². The van der Waals surface area contributed by atoms with E-state index >= 15 is 0 Å². The second-order valence-electron chi connectivity index (χ2n) is 28.0. The molecule has 9 nitrogen and oxygen atoms in total. The minimum absolute atomic E-state index is 0.176. The zero-order valence-electron chi connectivity index (χ0n) is 67.3. The van der Waals surface area contributed by atoms with Gasteiger partial charge in [0, 0.05) is 12.8 Å². The van der Waals surface area contributed by atoms with Crippen LogP contribution in [0.1, 0.15) is 296 Å². The Morgan fingerprint density at radius 2 is 0.514 bits per heavy atom. The Kier molecular flexibility index (Phi) is 77.7. The van der Waals surface area contributed by atoms with Gasteiger partial charge in [0.15, 0.2) is 6.10 Å². The van der Waals surface area contributed by atoms with Gasteiger partial charge in [0.1, 0.15) is 13.2 Å². The van der Waals surface area contributed by atoms with Gasteiger partial charge in [-0.1, -0.05) is 354 Å². The van der Waals surface area contributed by atoms with Crippen LogP contribution in [0.4, 0.5) is 0 Å². The summed E-state index contributed by atoms with van der Waals surface area (Å²) in [5.41, 5.74) is 0. The molecule has 0 bridgehead atoms. The summed E-state index contributed by atoms with van der Waals surface area (Å²) in [6.45, 7) is 4.63. The van der Waals surface area contributed by atoms with Crippen LogP contribution in [-0.4, -0.2) is 87.4 Å². The molecule has 1 N–H and O–H groups in total. The first kappa shape index (κ1) is 98.4. The molecule has 0 aromatic heterocycles. The fourth-order valence-electron chi connectivity index (χ4n) is 10.7. The van der Waals surface area contributed by atoms with Gasteiger partial charge in [-0.25, -0.2) is 4.79 Å². The predicted molar refractivity (Wildman–Crippen MR) is 455 cm³/mol. The molecule has 0 rings (SSSR count). The van der Waals surface area contributed by atoms with Crippen LogP contribution in [0.2, 0.25) is 0 Å². The highest BCUT2D eigenvalue weighted by Gasteiger charge is 2.25. The normalized spacial score (nSPS) is 13.9. The molecule has 0 fully saturated rings. The lowest BCUT2D eigenvalue weighted by atomic mass is 10.0. The molecule has 588 valence electrons. The van der Waals surface area contributed by atoms with Crippen LogP contribution in [0.25, 0.3) is 0 Å². The van der Waals surface area contributed by atoms with Crippen molar-refractivity contribution in [3.8, 4) is 0 Å². The first-order valence-electron chi connectivity index (χ1n) is 41.5. The number of carboxylic acids is 1. The standard InChI is InChI=1S/C96H151NO8/c1-6-8-10-12-14-16-18-20-22-24-26-28-30-32-34-36-38-40-42-44-46-47-49-51-53-55-57-59-61-63-65-67-69-71-73-75-77-79-81-83-85-87-94(99)105-92(91-104-96(95(100)101)102-89-88-97(3,4)5)90-103-93(98)86-84-82-80-78-76-74-72-70-68-66-64-62-60-58-56-54-52-50-48-45-43-41-39-37-35-33-31-29-27-25-23-21-19-17-15-13-11-9-7-2/h8-11,14-17,20-23,26-29,32-35,38-41,44-46,48-49,51-52,54-55,57-58,60-61,63,92,96H,6-7,12-13,18-19,24-25,30-31,36-37,42-43,47,50,53,56,59,62,64-91H2,1-5H3/p+1/b10-8-,11-9-,16-14-,17-15-,22-20-,23-21-,28-26-,29-27-,34-32-,35-33-,40-38-,41-39-,46-44-,48-45-,51-49-,54-52-,57-55-,60-58-,63-61-. The summed E-state index contributed by atoms with van der Waals surface area (Å²) in [5.74, 6) is -2.03. The second kappa shape index (κ2) is 83.0. The molecule has 0 aliphatic heterocycles. The van der Waals surface area contributed by atoms with E-state index in [0.717, 1.165) is 180 Å². The molecule has 0 heterocycles. The number of carbonyl (C=O) groups excluding carboxylic acids is 2. The summed E-state index contributed by atoms with van der Waals surface area (Å²) in [5, 5.41) is 9.78. The van der Waals surface area contributed by atoms with Crippen molar-refractivity contribution in [1.82, 2.24) is 0 Å². The molecule has 0 aliphatic rings. The summed E-state index contributed by atoms with van der Waals surface area (Å²) in [7, 11) is 5.97. The molecule has 0 saturated heterocycles. The molecular weight excluding hydrogens is 1300 g/mol. The van der Waals surface area contributed by atoms with E-state index in [1.165, 1.54) is 83.5 Å². The highest BCUT2D eigenvalue weighted by atomic mass is 16.7. The van der Waals surface area contributed by atoms with Gasteiger partial charge in [0.25, 0.3) is 6.29 Å². The third-order valence-electron chi connectivity index (χ3n) is 16.9. The van der Waals surface area contributed by atoms with Gasteiger partial charge in [-0.2, -0.15) is 0 Å². The smallest absolute Gasteiger partial charge is 0.361 e. The highest BCUT2D eigenvalue weighted by molar-refractivity contribution is 5.71. The Balaban J connectivity index is 4.14. The third kappa shape index (κ3) is 84.5. The fraction of sp³-hybridized carbons (Fsp3) is 0.573. The maximum atomic E-state index is 13.0. The van der Waals surface area contributed by atoms with Crippen molar-refractivity contribution in [2.24, 2.45) is 0 Å². The van der Waals surface area contributed by atoms with E-state index in [9.17, 15) is 19.5 Å². The molecule has 0 amide bonds. The van der Waals surface area contributed by atoms with Crippen LogP contribution in [0, 0.1) is 0 Å². The first-order chi connectivity index (χ1) is 51.6. The Bertz CT molecular complexity index is 2590. The lowest BCUT2D eigenvalue weighted by Gasteiger charge is -2.25. The summed E-state index contributed by atoms with van der Waals surface area (Å²) in [6.07, 6.45) is 129. The molecule has 0 aromatic carbocycles. The number of aliphatic carboxylic acids is 1. The second-order valence-corrected chi connectivity index (χ2v) is 28.0. The fourth-order valence-corrected chi connectivity index (χ4v) is 10.7. The Hall–Kier alpha value is -6.65. The Morgan fingerprint density at radius 3 is 0.762 bits per heavy atom. The maximum absolute atomic E-state index is 13.0. The van der Waals surface area contributed by atoms with Gasteiger partial charge >= 0.3 is 17.9 Å². The van der Waals surface area contributed by atoms with Crippen LogP contribution in [0.3, 0.4) is 0 Å². The first-order valence-corrected chi connectivity index (χ1v) is 41.5. The molecule has 105 heavy (non-hydrogen) atoms. The number of allylic oxidation sites excluding steroid dienone is 38. The number of rotatable bonds is 74. The summed E-state index contributed by atoms with van der Waals surface area (Å²) >= 11 is 0. The van der Waals surface area contributed by atoms with Crippen LogP contribution >= 0.6 is 0 Å². The number of likely N-dealkylation sites (N-methyl/N-ethyl adjacent to an activating group) is 1. The highest BCUT2D eigenvalue weighted by Crippen LogP contribution is 2.16. The van der Waals surface area contributed by atoms with E-state index in [-0.39, 0.29) is 38.6 Å². The number of carbonyl (C=O) groups is 3. The van der Waals surface area contributed by atoms with Crippen molar-refractivity contribution >= 4 is 17.9 Å². The van der Waals surface area contributed by atoms with Crippen molar-refractivity contribution < 1.29 is 42.9 Å². The van der Waals surface area contributed by atoms with E-state index in [2.05, 4.69) is 245 Å². The molecular formula is C96H152NO8+. The van der Waals surface area contributed by atoms with E-state index in [0.29, 0.717) is 17.4 Å². The van der Waals surface area contributed by atoms with Crippen LogP contribution < -0.4 is 0 Å². The number of unbranched alkanes of at least 4 members (excludes halogenated alkanes) is 21. The summed E-state index contributed by atoms with van der Waals surface area (Å²) in [4.78, 5) is 37.8. The monoisotopic (exact) mass is 1450 g/mol. The van der Waals surface area contributed by atoms with E-state index < -0.39 is 24.3 Å². The van der Waals surface area contributed by atoms with Gasteiger partial charge in [0.2, 0.25) is 0 Å². The van der Waals surface area contributed by atoms with Gasteiger partial charge in [-0.3, -0.25) is 9.59 Å². The van der Waals surface area contributed by atoms with Crippen molar-refractivity contribution in [3.63, 3.8) is 0 Å². The Morgan fingerprint density at radius 1 is 0.286 bits per heavy atom. The molecule has 2 unspecified atom stereocenters. The minimum Gasteiger partial charge on any atom is -0.477 e. The summed E-state index contributed by atoms with van der Waals surface area (Å²) < 4.78 is 23.0. The number of nitrogens with zero attached hydrogens (tertiary/aromatic N) is 1. The van der Waals surface area contributed by atoms with Crippen LogP contribution in [0.5, 0.6) is 0 Å². The lowest BCUT2D eigenvalue weighted by Crippen LogP contribution is -2.40. The topological polar surface area (TPSA) is 108 Å². The number of quaternary nitrogens is 1. The van der Waals surface area contributed by atoms with E-state index in [1.54, 1.807) is 0 Å². The van der Waals surface area contributed by atoms with E-state index in [4.69, 9.17) is 18.9 Å². The summed E-state index contributed by atoms with van der Waals surface area (Å²) in [6, 6.07) is 0. The molecule has 0 aromatic rings. The van der Waals surface area contributed by atoms with Gasteiger partial charge in [0.05, 0.1) is 34.4 Å². The SMILES string of the molecule is CC/C=C\C/C=C\C/C=C\C/C=C\C/C=C\C/C=C\C/C=C\C/C=C\C/C=C\C/C=C\CCCCCCCCCCCCC(=O)OC(COC(=O)CCCCCCCCCCCCC/C=C\C/C=C\C/C=C\C/C=C\C/C=C\C/C=C\C/C=C\C/C=C\C/C=C\CC)COC(OCC[N+](C)(C)C)C(=O)O. The van der Waals surface area contributed by atoms with E-state index in [1.807, 2.05) is 21.1 Å². The molecule has 0 spiro atoms. The van der Waals surface area contributed by atoms with Crippen LogP contribution in [-0.2, 0) is 33.3 Å². The number of carboxylic acid groups (broad SMARTS) is 1. The zero-order valence-corrected chi connectivity index (χ0v) is 67.3.